The summed E-state index contributed by atoms with van der Waals surface area (Å²) in [7, 11) is 0. The Balaban J connectivity index is 2.70. The summed E-state index contributed by atoms with van der Waals surface area (Å²) in [6.07, 6.45) is -1.70. The fourth-order valence-corrected chi connectivity index (χ4v) is 1.41. The van der Waals surface area contributed by atoms with Gasteiger partial charge in [0.05, 0.1) is 17.3 Å². The van der Waals surface area contributed by atoms with Gasteiger partial charge >= 0.3 is 6.18 Å². The fraction of sp³-hybridized carbons (Fsp3) is 0.125. The van der Waals surface area contributed by atoms with Crippen LogP contribution in [0.4, 0.5) is 13.2 Å². The number of nitrogens with zero attached hydrogens (tertiary/aromatic N) is 2. The Bertz CT molecular complexity index is 475. The predicted octanol–water partition coefficient (Wildman–Crippen LogP) is 3.01. The lowest BCUT2D eigenvalue weighted by atomic mass is 10.2. The van der Waals surface area contributed by atoms with Crippen LogP contribution in [0.15, 0.2) is 24.7 Å². The van der Waals surface area contributed by atoms with Gasteiger partial charge < -0.3 is 0 Å². The zero-order chi connectivity index (χ0) is 10.3. The molecule has 0 spiro atoms. The molecule has 0 fully saturated rings. The monoisotopic (exact) mass is 220 g/mol. The second-order valence-corrected chi connectivity index (χ2v) is 3.14. The van der Waals surface area contributed by atoms with Crippen molar-refractivity contribution in [3.63, 3.8) is 0 Å². The van der Waals surface area contributed by atoms with Crippen molar-refractivity contribution in [1.82, 2.24) is 9.38 Å². The molecule has 0 aliphatic rings. The smallest absolute Gasteiger partial charge is 0.289 e. The zero-order valence-electron chi connectivity index (χ0n) is 6.72. The molecule has 0 unspecified atom stereocenters. The molecule has 74 valence electrons. The number of pyridine rings is 1. The molecule has 2 aromatic heterocycles. The van der Waals surface area contributed by atoms with Gasteiger partial charge in [0.2, 0.25) is 0 Å². The number of fused-ring (bicyclic) bond motifs is 1. The molecule has 0 aromatic carbocycles. The average molecular weight is 221 g/mol. The van der Waals surface area contributed by atoms with E-state index in [-0.39, 0.29) is 5.15 Å². The van der Waals surface area contributed by atoms with Gasteiger partial charge in [0.15, 0.2) is 0 Å². The Labute approximate surface area is 81.9 Å². The molecule has 0 N–H and O–H groups in total. The Morgan fingerprint density at radius 2 is 2.00 bits per heavy atom. The molecule has 0 aliphatic heterocycles. The molecule has 2 nitrogen and oxygen atoms in total. The summed E-state index contributed by atoms with van der Waals surface area (Å²) in [6.45, 7) is 0. The minimum atomic E-state index is -4.38. The van der Waals surface area contributed by atoms with E-state index in [4.69, 9.17) is 11.6 Å². The third-order valence-electron chi connectivity index (χ3n) is 1.80. The highest BCUT2D eigenvalue weighted by atomic mass is 35.5. The second kappa shape index (κ2) is 2.88. The maximum atomic E-state index is 12.3. The van der Waals surface area contributed by atoms with Crippen LogP contribution in [0.5, 0.6) is 0 Å². The van der Waals surface area contributed by atoms with Crippen molar-refractivity contribution in [2.75, 3.05) is 0 Å². The number of halogens is 4. The molecular formula is C8H4ClF3N2. The quantitative estimate of drug-likeness (QED) is 0.624. The van der Waals surface area contributed by atoms with Gasteiger partial charge in [0.25, 0.3) is 0 Å². The van der Waals surface area contributed by atoms with Gasteiger partial charge in [-0.1, -0.05) is 11.6 Å². The van der Waals surface area contributed by atoms with E-state index in [0.29, 0.717) is 5.52 Å². The molecular weight excluding hydrogens is 217 g/mol. The topological polar surface area (TPSA) is 17.3 Å². The van der Waals surface area contributed by atoms with Crippen LogP contribution in [0.25, 0.3) is 5.52 Å². The average Bonchev–Trinajstić information content (AvgIpc) is 2.50. The van der Waals surface area contributed by atoms with Crippen LogP contribution in [0.2, 0.25) is 5.15 Å². The second-order valence-electron chi connectivity index (χ2n) is 2.75. The zero-order valence-corrected chi connectivity index (χ0v) is 7.47. The standard InChI is InChI=1S/C8H4ClF3N2/c9-7-2-5(8(10,11)12)1-6-3-13-4-14(6)7/h1-4H. The summed E-state index contributed by atoms with van der Waals surface area (Å²) in [4.78, 5) is 3.70. The normalized spacial score (nSPS) is 12.3. The maximum Gasteiger partial charge on any atom is 0.416 e. The van der Waals surface area contributed by atoms with Gasteiger partial charge in [-0.15, -0.1) is 0 Å². The number of alkyl halides is 3. The van der Waals surface area contributed by atoms with Crippen molar-refractivity contribution in [3.8, 4) is 0 Å². The largest absolute Gasteiger partial charge is 0.416 e. The first kappa shape index (κ1) is 9.33. The highest BCUT2D eigenvalue weighted by molar-refractivity contribution is 6.29. The number of aromatic nitrogens is 2. The molecule has 2 heterocycles. The van der Waals surface area contributed by atoms with E-state index in [2.05, 4.69) is 4.98 Å². The Hall–Kier alpha value is -1.23. The lowest BCUT2D eigenvalue weighted by Gasteiger charge is -2.07. The first-order valence-electron chi connectivity index (χ1n) is 3.67. The highest BCUT2D eigenvalue weighted by Gasteiger charge is 2.31. The van der Waals surface area contributed by atoms with Gasteiger partial charge in [-0.3, -0.25) is 4.40 Å². The molecule has 0 aliphatic carbocycles. The van der Waals surface area contributed by atoms with Crippen LogP contribution in [0, 0.1) is 0 Å². The molecule has 0 atom stereocenters. The third kappa shape index (κ3) is 1.43. The van der Waals surface area contributed by atoms with Crippen molar-refractivity contribution in [2.45, 2.75) is 6.18 Å². The fourth-order valence-electron chi connectivity index (χ4n) is 1.15. The van der Waals surface area contributed by atoms with Crippen LogP contribution >= 0.6 is 11.6 Å². The lowest BCUT2D eigenvalue weighted by Crippen LogP contribution is -2.05. The van der Waals surface area contributed by atoms with Gasteiger partial charge in [0, 0.05) is 0 Å². The third-order valence-corrected chi connectivity index (χ3v) is 2.09. The first-order chi connectivity index (χ1) is 6.48. The predicted molar refractivity (Wildman–Crippen MR) is 45.2 cm³/mol. The number of imidazole rings is 1. The van der Waals surface area contributed by atoms with Gasteiger partial charge in [-0.25, -0.2) is 4.98 Å². The summed E-state index contributed by atoms with van der Waals surface area (Å²) < 4.78 is 38.3. The van der Waals surface area contributed by atoms with Crippen molar-refractivity contribution in [3.05, 3.63) is 35.4 Å². The Morgan fingerprint density at radius 3 is 2.64 bits per heavy atom. The van der Waals surface area contributed by atoms with Crippen molar-refractivity contribution in [1.29, 1.82) is 0 Å². The Morgan fingerprint density at radius 1 is 1.29 bits per heavy atom. The summed E-state index contributed by atoms with van der Waals surface area (Å²) in [6, 6.07) is 1.87. The van der Waals surface area contributed by atoms with Gasteiger partial charge in [0.1, 0.15) is 11.5 Å². The van der Waals surface area contributed by atoms with E-state index in [0.717, 1.165) is 12.1 Å². The first-order valence-corrected chi connectivity index (χ1v) is 4.05. The molecule has 2 aromatic rings. The summed E-state index contributed by atoms with van der Waals surface area (Å²) >= 11 is 5.63. The summed E-state index contributed by atoms with van der Waals surface area (Å²) in [5.41, 5.74) is -0.444. The van der Waals surface area contributed by atoms with Crippen molar-refractivity contribution < 1.29 is 13.2 Å². The number of hydrogen-bond acceptors (Lipinski definition) is 1. The van der Waals surface area contributed by atoms with Gasteiger partial charge in [-0.2, -0.15) is 13.2 Å². The molecule has 6 heteroatoms. The van der Waals surface area contributed by atoms with E-state index < -0.39 is 11.7 Å². The van der Waals surface area contributed by atoms with E-state index in [1.54, 1.807) is 0 Å². The minimum Gasteiger partial charge on any atom is -0.289 e. The lowest BCUT2D eigenvalue weighted by molar-refractivity contribution is -0.137. The number of hydrogen-bond donors (Lipinski definition) is 0. The molecule has 2 rings (SSSR count). The molecule has 0 saturated heterocycles. The SMILES string of the molecule is FC(F)(F)c1cc(Cl)n2cncc2c1. The molecule has 0 bridgehead atoms. The van der Waals surface area contributed by atoms with Crippen LogP contribution in [-0.4, -0.2) is 9.38 Å². The maximum absolute atomic E-state index is 12.3. The van der Waals surface area contributed by atoms with Crippen molar-refractivity contribution in [2.24, 2.45) is 0 Å². The summed E-state index contributed by atoms with van der Waals surface area (Å²) in [5, 5.41) is -0.00711. The highest BCUT2D eigenvalue weighted by Crippen LogP contribution is 2.31. The van der Waals surface area contributed by atoms with E-state index in [1.807, 2.05) is 0 Å². The van der Waals surface area contributed by atoms with Crippen LogP contribution in [-0.2, 0) is 6.18 Å². The van der Waals surface area contributed by atoms with E-state index in [1.165, 1.54) is 16.9 Å². The minimum absolute atomic E-state index is 0.00711. The summed E-state index contributed by atoms with van der Waals surface area (Å²) in [5.74, 6) is 0. The van der Waals surface area contributed by atoms with Crippen LogP contribution < -0.4 is 0 Å². The molecule has 0 saturated carbocycles. The van der Waals surface area contributed by atoms with E-state index >= 15 is 0 Å². The number of rotatable bonds is 0. The van der Waals surface area contributed by atoms with Crippen LogP contribution in [0.1, 0.15) is 5.56 Å². The Kier molecular flexibility index (Phi) is 1.92. The molecule has 0 radical (unpaired) electrons. The van der Waals surface area contributed by atoms with E-state index in [9.17, 15) is 13.2 Å². The van der Waals surface area contributed by atoms with Crippen LogP contribution in [0.3, 0.4) is 0 Å². The van der Waals surface area contributed by atoms with Gasteiger partial charge in [-0.05, 0) is 12.1 Å². The van der Waals surface area contributed by atoms with Crippen molar-refractivity contribution >= 4 is 17.1 Å². The molecule has 0 amide bonds. The molecule has 14 heavy (non-hydrogen) atoms.